The molecule has 4 heteroatoms. The van der Waals surface area contributed by atoms with Gasteiger partial charge in [0, 0.05) is 0 Å². The second-order valence-corrected chi connectivity index (χ2v) is 4.37. The molecule has 0 heterocycles. The maximum absolute atomic E-state index is 13.9. The molecule has 0 aliphatic heterocycles. The zero-order chi connectivity index (χ0) is 14.0. The molecule has 0 amide bonds. The van der Waals surface area contributed by atoms with Gasteiger partial charge in [0.25, 0.3) is 0 Å². The number of hydrogen-bond acceptors (Lipinski definition) is 1. The van der Waals surface area contributed by atoms with E-state index >= 15 is 0 Å². The van der Waals surface area contributed by atoms with E-state index in [1.54, 1.807) is 18.2 Å². The molecule has 0 spiro atoms. The van der Waals surface area contributed by atoms with Crippen LogP contribution in [-0.2, 0) is 11.2 Å². The van der Waals surface area contributed by atoms with Crippen LogP contribution in [0.3, 0.4) is 0 Å². The summed E-state index contributed by atoms with van der Waals surface area (Å²) in [4.78, 5) is 10.5. The molecule has 0 fully saturated rings. The summed E-state index contributed by atoms with van der Waals surface area (Å²) < 4.78 is 27.9. The van der Waals surface area contributed by atoms with Gasteiger partial charge in [0.1, 0.15) is 11.6 Å². The molecule has 0 aromatic heterocycles. The summed E-state index contributed by atoms with van der Waals surface area (Å²) in [7, 11) is 0. The van der Waals surface area contributed by atoms with Gasteiger partial charge < -0.3 is 5.11 Å². The largest absolute Gasteiger partial charge is 0.481 e. The van der Waals surface area contributed by atoms with Crippen LogP contribution in [0, 0.1) is 18.6 Å². The van der Waals surface area contributed by atoms with E-state index in [9.17, 15) is 13.6 Å². The first-order chi connectivity index (χ1) is 8.97. The Balaban J connectivity index is 2.50. The van der Waals surface area contributed by atoms with Gasteiger partial charge in [0.2, 0.25) is 0 Å². The van der Waals surface area contributed by atoms with Gasteiger partial charge in [0.15, 0.2) is 0 Å². The van der Waals surface area contributed by atoms with E-state index in [1.807, 2.05) is 13.0 Å². The third kappa shape index (κ3) is 2.96. The number of carboxylic acids is 1. The summed E-state index contributed by atoms with van der Waals surface area (Å²) in [6.45, 7) is 1.83. The van der Waals surface area contributed by atoms with Crippen LogP contribution in [0.5, 0.6) is 0 Å². The lowest BCUT2D eigenvalue weighted by Crippen LogP contribution is -2.02. The van der Waals surface area contributed by atoms with Gasteiger partial charge in [-0.2, -0.15) is 0 Å². The average molecular weight is 262 g/mol. The van der Waals surface area contributed by atoms with Crippen molar-refractivity contribution in [1.82, 2.24) is 0 Å². The van der Waals surface area contributed by atoms with Crippen molar-refractivity contribution in [2.75, 3.05) is 0 Å². The summed E-state index contributed by atoms with van der Waals surface area (Å²) in [6.07, 6.45) is -0.401. The lowest BCUT2D eigenvalue weighted by atomic mass is 10.00. The molecule has 0 unspecified atom stereocenters. The molecule has 2 aromatic carbocycles. The van der Waals surface area contributed by atoms with Crippen molar-refractivity contribution in [2.24, 2.45) is 0 Å². The van der Waals surface area contributed by atoms with Gasteiger partial charge in [-0.3, -0.25) is 4.79 Å². The van der Waals surface area contributed by atoms with E-state index in [1.165, 1.54) is 0 Å². The van der Waals surface area contributed by atoms with Crippen molar-refractivity contribution in [2.45, 2.75) is 13.3 Å². The van der Waals surface area contributed by atoms with Gasteiger partial charge >= 0.3 is 5.97 Å². The molecule has 2 aromatic rings. The molecule has 1 N–H and O–H groups in total. The third-order valence-electron chi connectivity index (χ3n) is 2.76. The van der Waals surface area contributed by atoms with Crippen LogP contribution < -0.4 is 0 Å². The van der Waals surface area contributed by atoms with Gasteiger partial charge in [-0.05, 0) is 30.2 Å². The highest BCUT2D eigenvalue weighted by Crippen LogP contribution is 2.28. The highest BCUT2D eigenvalue weighted by molar-refractivity contribution is 5.71. The molecule has 0 atom stereocenters. The van der Waals surface area contributed by atoms with Crippen LogP contribution in [0.2, 0.25) is 0 Å². The van der Waals surface area contributed by atoms with E-state index in [2.05, 4.69) is 0 Å². The van der Waals surface area contributed by atoms with Gasteiger partial charge in [-0.25, -0.2) is 8.78 Å². The number of aliphatic carboxylic acids is 1. The number of benzene rings is 2. The van der Waals surface area contributed by atoms with E-state index in [0.29, 0.717) is 5.56 Å². The number of hydrogen-bond donors (Lipinski definition) is 1. The molecular formula is C15H12F2O2. The normalized spacial score (nSPS) is 10.5. The molecule has 0 bridgehead atoms. The monoisotopic (exact) mass is 262 g/mol. The predicted molar refractivity (Wildman–Crippen MR) is 67.9 cm³/mol. The maximum Gasteiger partial charge on any atom is 0.307 e. The Morgan fingerprint density at radius 3 is 2.32 bits per heavy atom. The zero-order valence-electron chi connectivity index (χ0n) is 10.3. The van der Waals surface area contributed by atoms with E-state index in [0.717, 1.165) is 17.7 Å². The Labute approximate surface area is 109 Å². The minimum atomic E-state index is -1.12. The van der Waals surface area contributed by atoms with Crippen LogP contribution >= 0.6 is 0 Å². The van der Waals surface area contributed by atoms with Crippen LogP contribution in [0.25, 0.3) is 11.1 Å². The topological polar surface area (TPSA) is 37.3 Å². The third-order valence-corrected chi connectivity index (χ3v) is 2.76. The second kappa shape index (κ2) is 5.18. The van der Waals surface area contributed by atoms with E-state index in [-0.39, 0.29) is 11.1 Å². The second-order valence-electron chi connectivity index (χ2n) is 4.37. The maximum atomic E-state index is 13.9. The number of carbonyl (C=O) groups is 1. The van der Waals surface area contributed by atoms with E-state index in [4.69, 9.17) is 5.11 Å². The lowest BCUT2D eigenvalue weighted by molar-refractivity contribution is -0.136. The molecule has 0 aliphatic rings. The van der Waals surface area contributed by atoms with Crippen LogP contribution in [0.1, 0.15) is 11.1 Å². The first-order valence-electron chi connectivity index (χ1n) is 5.74. The van der Waals surface area contributed by atoms with Crippen molar-refractivity contribution in [3.05, 3.63) is 59.2 Å². The van der Waals surface area contributed by atoms with Crippen molar-refractivity contribution in [1.29, 1.82) is 0 Å². The Morgan fingerprint density at radius 2 is 1.79 bits per heavy atom. The highest BCUT2D eigenvalue weighted by Gasteiger charge is 2.14. The summed E-state index contributed by atoms with van der Waals surface area (Å²) in [5.74, 6) is -2.62. The van der Waals surface area contributed by atoms with Gasteiger partial charge in [0.05, 0.1) is 12.0 Å². The fourth-order valence-corrected chi connectivity index (χ4v) is 1.98. The Bertz CT molecular complexity index is 613. The standard InChI is InChI=1S/C15H12F2O2/c1-9-3-2-4-11(5-9)15-12(16)6-10(7-13(15)17)8-14(18)19/h2-7H,8H2,1H3,(H,18,19). The molecule has 98 valence electrons. The minimum Gasteiger partial charge on any atom is -0.481 e. The predicted octanol–water partition coefficient (Wildman–Crippen LogP) is 3.57. The fourth-order valence-electron chi connectivity index (χ4n) is 1.98. The molecule has 2 nitrogen and oxygen atoms in total. The minimum absolute atomic E-state index is 0.110. The number of rotatable bonds is 3. The molecule has 0 aliphatic carbocycles. The molecule has 0 saturated heterocycles. The number of aryl methyl sites for hydroxylation is 1. The average Bonchev–Trinajstić information content (AvgIpc) is 2.26. The Morgan fingerprint density at radius 1 is 1.16 bits per heavy atom. The summed E-state index contributed by atoms with van der Waals surface area (Å²) in [6, 6.07) is 8.97. The van der Waals surface area contributed by atoms with Crippen molar-refractivity contribution < 1.29 is 18.7 Å². The van der Waals surface area contributed by atoms with E-state index < -0.39 is 24.0 Å². The molecular weight excluding hydrogens is 250 g/mol. The van der Waals surface area contributed by atoms with Gasteiger partial charge in [-0.1, -0.05) is 29.8 Å². The lowest BCUT2D eigenvalue weighted by Gasteiger charge is -2.08. The quantitative estimate of drug-likeness (QED) is 0.918. The number of halogens is 2. The molecule has 0 radical (unpaired) electrons. The smallest absolute Gasteiger partial charge is 0.307 e. The van der Waals surface area contributed by atoms with Crippen molar-refractivity contribution in [3.8, 4) is 11.1 Å². The molecule has 19 heavy (non-hydrogen) atoms. The number of carboxylic acid groups (broad SMARTS) is 1. The first kappa shape index (κ1) is 13.2. The molecule has 2 rings (SSSR count). The van der Waals surface area contributed by atoms with Gasteiger partial charge in [-0.15, -0.1) is 0 Å². The van der Waals surface area contributed by atoms with Crippen molar-refractivity contribution >= 4 is 5.97 Å². The highest BCUT2D eigenvalue weighted by atomic mass is 19.1. The summed E-state index contributed by atoms with van der Waals surface area (Å²) in [5, 5.41) is 8.63. The molecule has 0 saturated carbocycles. The van der Waals surface area contributed by atoms with Crippen LogP contribution in [0.4, 0.5) is 8.78 Å². The van der Waals surface area contributed by atoms with Crippen LogP contribution in [-0.4, -0.2) is 11.1 Å². The van der Waals surface area contributed by atoms with Crippen LogP contribution in [0.15, 0.2) is 36.4 Å². The SMILES string of the molecule is Cc1cccc(-c2c(F)cc(CC(=O)O)cc2F)c1. The summed E-state index contributed by atoms with van der Waals surface area (Å²) in [5.41, 5.74) is 1.32. The fraction of sp³-hybridized carbons (Fsp3) is 0.133. The Hall–Kier alpha value is -2.23. The van der Waals surface area contributed by atoms with Crippen molar-refractivity contribution in [3.63, 3.8) is 0 Å². The Kier molecular flexibility index (Phi) is 3.60. The summed E-state index contributed by atoms with van der Waals surface area (Å²) >= 11 is 0. The zero-order valence-corrected chi connectivity index (χ0v) is 10.3. The first-order valence-corrected chi connectivity index (χ1v) is 5.74.